The zero-order chi connectivity index (χ0) is 24.4. The van der Waals surface area contributed by atoms with Crippen molar-refractivity contribution in [1.82, 2.24) is 19.4 Å². The number of hydrogen-bond acceptors (Lipinski definition) is 4. The van der Waals surface area contributed by atoms with Crippen LogP contribution in [0.15, 0.2) is 53.3 Å². The number of fused-ring (bicyclic) bond motifs is 1. The lowest BCUT2D eigenvalue weighted by atomic mass is 10.0. The number of benzene rings is 2. The van der Waals surface area contributed by atoms with Crippen molar-refractivity contribution in [3.05, 3.63) is 70.3 Å². The van der Waals surface area contributed by atoms with Gasteiger partial charge in [-0.2, -0.15) is 0 Å². The van der Waals surface area contributed by atoms with E-state index in [1.807, 2.05) is 41.3 Å². The maximum Gasteiger partial charge on any atom is 0.322 e. The average Bonchev–Trinajstić information content (AvgIpc) is 2.83. The predicted molar refractivity (Wildman–Crippen MR) is 137 cm³/mol. The number of para-hydroxylation sites is 1. The van der Waals surface area contributed by atoms with Crippen LogP contribution in [0, 0.1) is 0 Å². The first-order valence-electron chi connectivity index (χ1n) is 12.2. The van der Waals surface area contributed by atoms with Crippen molar-refractivity contribution in [2.24, 2.45) is 7.05 Å². The van der Waals surface area contributed by atoms with Crippen molar-refractivity contribution >= 4 is 22.6 Å². The predicted octanol–water partition coefficient (Wildman–Crippen LogP) is 4.75. The van der Waals surface area contributed by atoms with Crippen LogP contribution in [0.25, 0.3) is 10.9 Å². The Labute approximate surface area is 201 Å². The minimum absolute atomic E-state index is 0.0125. The van der Waals surface area contributed by atoms with Gasteiger partial charge in [0.1, 0.15) is 5.82 Å². The molecule has 3 aromatic rings. The molecular weight excluding hydrogens is 426 g/mol. The van der Waals surface area contributed by atoms with Gasteiger partial charge in [0.15, 0.2) is 0 Å². The molecule has 1 aromatic heterocycles. The summed E-state index contributed by atoms with van der Waals surface area (Å²) >= 11 is 0. The van der Waals surface area contributed by atoms with Crippen LogP contribution in [0.5, 0.6) is 0 Å². The smallest absolute Gasteiger partial charge is 0.319 e. The first-order chi connectivity index (χ1) is 16.3. The van der Waals surface area contributed by atoms with Crippen molar-refractivity contribution in [1.29, 1.82) is 0 Å². The summed E-state index contributed by atoms with van der Waals surface area (Å²) in [6, 6.07) is 15.5. The topological polar surface area (TPSA) is 70.5 Å². The Kier molecular flexibility index (Phi) is 7.03. The van der Waals surface area contributed by atoms with E-state index in [1.165, 1.54) is 5.56 Å². The Morgan fingerprint density at radius 2 is 1.82 bits per heavy atom. The third-order valence-electron chi connectivity index (χ3n) is 6.89. The summed E-state index contributed by atoms with van der Waals surface area (Å²) < 4.78 is 1.68. The second-order valence-corrected chi connectivity index (χ2v) is 9.52. The lowest BCUT2D eigenvalue weighted by molar-refractivity contribution is 0.0721. The number of carbonyl (C=O) groups is 1. The maximum absolute atomic E-state index is 13.0. The van der Waals surface area contributed by atoms with Gasteiger partial charge in [-0.3, -0.25) is 14.3 Å². The first kappa shape index (κ1) is 24.0. The standard InChI is InChI=1S/C27H35N5O2/c1-6-24(25-29-23-10-8-7-9-22(23)26(33)30(25)5)31-15-16-32(19(4)17-31)27(34)28-21-13-11-20(12-14-21)18(2)3/h7-14,18-19,24H,6,15-17H2,1-5H3,(H,28,34). The number of amides is 2. The van der Waals surface area contributed by atoms with Crippen LogP contribution in [0.4, 0.5) is 10.5 Å². The number of piperazine rings is 1. The SMILES string of the molecule is CCC(c1nc2ccccc2c(=O)n1C)N1CCN(C(=O)Nc2ccc(C(C)C)cc2)C(C)C1. The molecule has 1 N–H and O–H groups in total. The Morgan fingerprint density at radius 1 is 1.12 bits per heavy atom. The number of carbonyl (C=O) groups excluding carboxylic acids is 1. The number of aromatic nitrogens is 2. The highest BCUT2D eigenvalue weighted by molar-refractivity contribution is 5.89. The third kappa shape index (κ3) is 4.71. The van der Waals surface area contributed by atoms with Crippen LogP contribution in [0.2, 0.25) is 0 Å². The van der Waals surface area contributed by atoms with E-state index in [2.05, 4.69) is 50.0 Å². The lowest BCUT2D eigenvalue weighted by Crippen LogP contribution is -2.56. The van der Waals surface area contributed by atoms with Crippen LogP contribution >= 0.6 is 0 Å². The fraction of sp³-hybridized carbons (Fsp3) is 0.444. The molecule has 1 aliphatic rings. The van der Waals surface area contributed by atoms with Crippen LogP contribution in [0.1, 0.15) is 57.5 Å². The summed E-state index contributed by atoms with van der Waals surface area (Å²) in [4.78, 5) is 35.0. The third-order valence-corrected chi connectivity index (χ3v) is 6.89. The fourth-order valence-corrected chi connectivity index (χ4v) is 4.85. The molecule has 0 spiro atoms. The van der Waals surface area contributed by atoms with E-state index < -0.39 is 0 Å². The van der Waals surface area contributed by atoms with Gasteiger partial charge < -0.3 is 10.2 Å². The van der Waals surface area contributed by atoms with E-state index in [0.717, 1.165) is 36.5 Å². The molecule has 2 amide bonds. The highest BCUT2D eigenvalue weighted by atomic mass is 16.2. The van der Waals surface area contributed by atoms with E-state index in [1.54, 1.807) is 11.6 Å². The molecule has 4 rings (SSSR count). The molecule has 1 saturated heterocycles. The van der Waals surface area contributed by atoms with Crippen molar-refractivity contribution in [2.45, 2.75) is 52.1 Å². The average molecular weight is 462 g/mol. The summed E-state index contributed by atoms with van der Waals surface area (Å²) in [7, 11) is 1.80. The largest absolute Gasteiger partial charge is 0.322 e. The molecule has 1 aliphatic heterocycles. The zero-order valence-electron chi connectivity index (χ0n) is 20.8. The van der Waals surface area contributed by atoms with Gasteiger partial charge in [0.2, 0.25) is 0 Å². The molecule has 0 aliphatic carbocycles. The molecule has 7 nitrogen and oxygen atoms in total. The molecule has 0 radical (unpaired) electrons. The second-order valence-electron chi connectivity index (χ2n) is 9.52. The minimum Gasteiger partial charge on any atom is -0.319 e. The Balaban J connectivity index is 1.48. The van der Waals surface area contributed by atoms with Crippen LogP contribution in [0.3, 0.4) is 0 Å². The molecule has 7 heteroatoms. The number of anilines is 1. The highest BCUT2D eigenvalue weighted by Crippen LogP contribution is 2.26. The molecule has 2 aromatic carbocycles. The summed E-state index contributed by atoms with van der Waals surface area (Å²) in [6.07, 6.45) is 0.833. The quantitative estimate of drug-likeness (QED) is 0.595. The van der Waals surface area contributed by atoms with Gasteiger partial charge in [-0.15, -0.1) is 0 Å². The van der Waals surface area contributed by atoms with Gasteiger partial charge in [0, 0.05) is 38.4 Å². The maximum atomic E-state index is 13.0. The van der Waals surface area contributed by atoms with E-state index >= 15 is 0 Å². The van der Waals surface area contributed by atoms with Crippen molar-refractivity contribution in [3.8, 4) is 0 Å². The highest BCUT2D eigenvalue weighted by Gasteiger charge is 2.32. The molecule has 2 atom stereocenters. The molecule has 2 unspecified atom stereocenters. The van der Waals surface area contributed by atoms with E-state index in [9.17, 15) is 9.59 Å². The van der Waals surface area contributed by atoms with Crippen LogP contribution in [-0.4, -0.2) is 51.1 Å². The molecule has 1 fully saturated rings. The zero-order valence-corrected chi connectivity index (χ0v) is 20.8. The van der Waals surface area contributed by atoms with Crippen molar-refractivity contribution in [3.63, 3.8) is 0 Å². The van der Waals surface area contributed by atoms with E-state index in [0.29, 0.717) is 17.8 Å². The van der Waals surface area contributed by atoms with Crippen LogP contribution in [-0.2, 0) is 7.05 Å². The molecule has 34 heavy (non-hydrogen) atoms. The van der Waals surface area contributed by atoms with Gasteiger partial charge in [-0.1, -0.05) is 45.0 Å². The van der Waals surface area contributed by atoms with Crippen molar-refractivity contribution < 1.29 is 4.79 Å². The minimum atomic E-state index is -0.0753. The monoisotopic (exact) mass is 461 g/mol. The summed E-state index contributed by atoms with van der Waals surface area (Å²) in [5.41, 5.74) is 2.77. The molecule has 2 heterocycles. The second kappa shape index (κ2) is 9.97. The normalized spacial score (nSPS) is 17.8. The summed E-state index contributed by atoms with van der Waals surface area (Å²) in [5.74, 6) is 1.24. The first-order valence-corrected chi connectivity index (χ1v) is 12.2. The lowest BCUT2D eigenvalue weighted by Gasteiger charge is -2.43. The molecule has 180 valence electrons. The molecule has 0 bridgehead atoms. The molecular formula is C27H35N5O2. The fourth-order valence-electron chi connectivity index (χ4n) is 4.85. The summed E-state index contributed by atoms with van der Waals surface area (Å²) in [6.45, 7) is 10.6. The number of hydrogen-bond donors (Lipinski definition) is 1. The van der Waals surface area contributed by atoms with Crippen LogP contribution < -0.4 is 10.9 Å². The van der Waals surface area contributed by atoms with Crippen molar-refractivity contribution in [2.75, 3.05) is 25.0 Å². The van der Waals surface area contributed by atoms with Gasteiger partial charge >= 0.3 is 6.03 Å². The van der Waals surface area contributed by atoms with Gasteiger partial charge in [-0.25, -0.2) is 9.78 Å². The Hall–Kier alpha value is -3.19. The van der Waals surface area contributed by atoms with E-state index in [4.69, 9.17) is 4.98 Å². The van der Waals surface area contributed by atoms with Gasteiger partial charge in [0.05, 0.1) is 16.9 Å². The van der Waals surface area contributed by atoms with E-state index in [-0.39, 0.29) is 23.7 Å². The van der Waals surface area contributed by atoms with Gasteiger partial charge in [0.25, 0.3) is 5.56 Å². The summed E-state index contributed by atoms with van der Waals surface area (Å²) in [5, 5.41) is 3.68. The Morgan fingerprint density at radius 3 is 2.47 bits per heavy atom. The number of rotatable bonds is 5. The van der Waals surface area contributed by atoms with Gasteiger partial charge in [-0.05, 0) is 49.1 Å². The Bertz CT molecular complexity index is 1220. The number of nitrogens with one attached hydrogen (secondary N) is 1. The number of nitrogens with zero attached hydrogens (tertiary/aromatic N) is 4. The number of urea groups is 1. The molecule has 0 saturated carbocycles.